The second kappa shape index (κ2) is 8.06. The summed E-state index contributed by atoms with van der Waals surface area (Å²) >= 11 is 1.43. The summed E-state index contributed by atoms with van der Waals surface area (Å²) in [7, 11) is -1.47. The van der Waals surface area contributed by atoms with E-state index >= 15 is 0 Å². The second-order valence-corrected chi connectivity index (χ2v) is 11.2. The number of amidine groups is 1. The number of rotatable bonds is 4. The number of carbonyl (C=O) groups is 1. The molecule has 1 saturated carbocycles. The van der Waals surface area contributed by atoms with Gasteiger partial charge in [-0.3, -0.25) is 4.79 Å². The fourth-order valence-electron chi connectivity index (χ4n) is 4.42. The number of anilines is 1. The quantitative estimate of drug-likeness (QED) is 0.741. The third-order valence-electron chi connectivity index (χ3n) is 5.81. The molecule has 0 unspecified atom stereocenters. The van der Waals surface area contributed by atoms with Gasteiger partial charge in [-0.15, -0.1) is 0 Å². The molecule has 0 radical (unpaired) electrons. The van der Waals surface area contributed by atoms with Gasteiger partial charge in [0.15, 0.2) is 15.0 Å². The van der Waals surface area contributed by atoms with E-state index < -0.39 is 9.84 Å². The van der Waals surface area contributed by atoms with E-state index in [1.54, 1.807) is 7.11 Å². The standard InChI is InChI=1S/C20H26N2O4S2/c1-26-16-9-5-8-15(11-16)22-17-12-28(24,25)13-18(17)27-20(22)21-19(23)10-14-6-3-2-4-7-14/h5,8-9,11,14,17-18H,2-4,6-7,10,12-13H2,1H3/t17-,18-/m1/s1. The molecule has 6 nitrogen and oxygen atoms in total. The smallest absolute Gasteiger partial charge is 0.248 e. The van der Waals surface area contributed by atoms with Crippen molar-refractivity contribution in [2.24, 2.45) is 10.9 Å². The molecule has 0 N–H and O–H groups in total. The van der Waals surface area contributed by atoms with E-state index in [1.165, 1.54) is 31.0 Å². The Morgan fingerprint density at radius 1 is 1.25 bits per heavy atom. The predicted molar refractivity (Wildman–Crippen MR) is 113 cm³/mol. The Morgan fingerprint density at radius 2 is 2.04 bits per heavy atom. The molecule has 1 amide bonds. The van der Waals surface area contributed by atoms with Crippen LogP contribution in [0.1, 0.15) is 38.5 Å². The van der Waals surface area contributed by atoms with Gasteiger partial charge in [0.05, 0.1) is 24.7 Å². The fourth-order valence-corrected chi connectivity index (χ4v) is 8.35. The number of sulfone groups is 1. The van der Waals surface area contributed by atoms with Gasteiger partial charge in [-0.05, 0) is 30.9 Å². The summed E-state index contributed by atoms with van der Waals surface area (Å²) < 4.78 is 29.7. The van der Waals surface area contributed by atoms with Gasteiger partial charge in [0.2, 0.25) is 5.91 Å². The molecule has 1 aliphatic carbocycles. The van der Waals surface area contributed by atoms with Crippen molar-refractivity contribution in [2.45, 2.75) is 49.8 Å². The molecule has 1 aromatic rings. The van der Waals surface area contributed by atoms with Crippen LogP contribution in [0.2, 0.25) is 0 Å². The third-order valence-corrected chi connectivity index (χ3v) is 9.02. The van der Waals surface area contributed by atoms with Crippen molar-refractivity contribution in [1.82, 2.24) is 0 Å². The van der Waals surface area contributed by atoms with Crippen LogP contribution in [0.5, 0.6) is 5.75 Å². The number of aliphatic imine (C=N–C) groups is 1. The van der Waals surface area contributed by atoms with Crippen molar-refractivity contribution in [3.05, 3.63) is 24.3 Å². The van der Waals surface area contributed by atoms with Crippen LogP contribution in [0.3, 0.4) is 0 Å². The van der Waals surface area contributed by atoms with E-state index in [0.717, 1.165) is 18.5 Å². The highest BCUT2D eigenvalue weighted by Gasteiger charge is 2.49. The van der Waals surface area contributed by atoms with Crippen LogP contribution < -0.4 is 9.64 Å². The van der Waals surface area contributed by atoms with Crippen LogP contribution in [-0.4, -0.2) is 49.4 Å². The molecule has 1 aromatic carbocycles. The van der Waals surface area contributed by atoms with Gasteiger partial charge in [-0.1, -0.05) is 37.1 Å². The largest absolute Gasteiger partial charge is 0.497 e. The molecule has 2 saturated heterocycles. The van der Waals surface area contributed by atoms with E-state index in [-0.39, 0.29) is 28.7 Å². The Hall–Kier alpha value is -1.54. The predicted octanol–water partition coefficient (Wildman–Crippen LogP) is 3.27. The summed E-state index contributed by atoms with van der Waals surface area (Å²) in [5.41, 5.74) is 0.820. The number of hydrogen-bond acceptors (Lipinski definition) is 5. The van der Waals surface area contributed by atoms with E-state index in [2.05, 4.69) is 4.99 Å². The number of nitrogens with zero attached hydrogens (tertiary/aromatic N) is 2. The van der Waals surface area contributed by atoms with Crippen LogP contribution in [0.4, 0.5) is 5.69 Å². The van der Waals surface area contributed by atoms with Gasteiger partial charge in [0, 0.05) is 23.4 Å². The zero-order valence-corrected chi connectivity index (χ0v) is 17.7. The van der Waals surface area contributed by atoms with Gasteiger partial charge in [0.25, 0.3) is 0 Å². The molecule has 152 valence electrons. The molecule has 8 heteroatoms. The molecule has 0 aromatic heterocycles. The maximum atomic E-state index is 12.6. The first kappa shape index (κ1) is 19.8. The van der Waals surface area contributed by atoms with Gasteiger partial charge in [-0.2, -0.15) is 4.99 Å². The van der Waals surface area contributed by atoms with Crippen LogP contribution in [0.15, 0.2) is 29.3 Å². The van der Waals surface area contributed by atoms with Crippen molar-refractivity contribution < 1.29 is 17.9 Å². The molecule has 28 heavy (non-hydrogen) atoms. The monoisotopic (exact) mass is 422 g/mol. The van der Waals surface area contributed by atoms with E-state index in [0.29, 0.717) is 23.3 Å². The highest BCUT2D eigenvalue weighted by atomic mass is 32.2. The highest BCUT2D eigenvalue weighted by Crippen LogP contribution is 2.41. The molecule has 3 aliphatic rings. The maximum Gasteiger partial charge on any atom is 0.248 e. The van der Waals surface area contributed by atoms with E-state index in [4.69, 9.17) is 4.74 Å². The van der Waals surface area contributed by atoms with Crippen molar-refractivity contribution >= 4 is 38.4 Å². The minimum atomic E-state index is -3.07. The average molecular weight is 423 g/mol. The Labute approximate surface area is 170 Å². The third kappa shape index (κ3) is 4.22. The number of hydrogen-bond donors (Lipinski definition) is 0. The Kier molecular flexibility index (Phi) is 5.69. The number of thioether (sulfide) groups is 1. The summed E-state index contributed by atoms with van der Waals surface area (Å²) in [6.45, 7) is 0. The topological polar surface area (TPSA) is 76.0 Å². The molecular weight excluding hydrogens is 396 g/mol. The van der Waals surface area contributed by atoms with Gasteiger partial charge in [0.1, 0.15) is 5.75 Å². The second-order valence-electron chi connectivity index (χ2n) is 7.87. The molecule has 0 bridgehead atoms. The lowest BCUT2D eigenvalue weighted by Gasteiger charge is -2.25. The summed E-state index contributed by atoms with van der Waals surface area (Å²) in [5, 5.41) is 0.538. The minimum absolute atomic E-state index is 0.0857. The summed E-state index contributed by atoms with van der Waals surface area (Å²) in [6.07, 6.45) is 6.35. The number of methoxy groups -OCH3 is 1. The van der Waals surface area contributed by atoms with Crippen LogP contribution in [0.25, 0.3) is 0 Å². The number of amides is 1. The lowest BCUT2D eigenvalue weighted by molar-refractivity contribution is -0.118. The summed E-state index contributed by atoms with van der Waals surface area (Å²) in [4.78, 5) is 19.0. The van der Waals surface area contributed by atoms with Gasteiger partial charge < -0.3 is 9.64 Å². The highest BCUT2D eigenvalue weighted by molar-refractivity contribution is 8.16. The molecular formula is C20H26N2O4S2. The molecule has 3 fully saturated rings. The Bertz CT molecular complexity index is 878. The van der Waals surface area contributed by atoms with E-state index in [9.17, 15) is 13.2 Å². The minimum Gasteiger partial charge on any atom is -0.497 e. The number of benzene rings is 1. The molecule has 4 rings (SSSR count). The zero-order valence-electron chi connectivity index (χ0n) is 16.0. The van der Waals surface area contributed by atoms with Crippen molar-refractivity contribution in [3.8, 4) is 5.75 Å². The SMILES string of the molecule is COc1cccc(N2C(=NC(=O)CC3CCCCC3)S[C@@H]3CS(=O)(=O)C[C@H]32)c1. The van der Waals surface area contributed by atoms with Crippen molar-refractivity contribution in [3.63, 3.8) is 0 Å². The zero-order chi connectivity index (χ0) is 19.7. The van der Waals surface area contributed by atoms with Crippen molar-refractivity contribution in [2.75, 3.05) is 23.5 Å². The average Bonchev–Trinajstić information content (AvgIpc) is 3.13. The van der Waals surface area contributed by atoms with Gasteiger partial charge in [-0.25, -0.2) is 8.42 Å². The lowest BCUT2D eigenvalue weighted by atomic mass is 9.87. The number of fused-ring (bicyclic) bond motifs is 1. The number of carbonyl (C=O) groups excluding carboxylic acids is 1. The molecule has 0 spiro atoms. The molecule has 2 aliphatic heterocycles. The van der Waals surface area contributed by atoms with Gasteiger partial charge >= 0.3 is 0 Å². The number of ether oxygens (including phenoxy) is 1. The maximum absolute atomic E-state index is 12.6. The first-order valence-electron chi connectivity index (χ1n) is 9.87. The summed E-state index contributed by atoms with van der Waals surface area (Å²) in [5.74, 6) is 1.27. The first-order valence-corrected chi connectivity index (χ1v) is 12.6. The van der Waals surface area contributed by atoms with E-state index in [1.807, 2.05) is 29.2 Å². The summed E-state index contributed by atoms with van der Waals surface area (Å²) in [6, 6.07) is 7.31. The normalized spacial score (nSPS) is 28.5. The fraction of sp³-hybridized carbons (Fsp3) is 0.600. The molecule has 2 heterocycles. The van der Waals surface area contributed by atoms with Crippen molar-refractivity contribution in [1.29, 1.82) is 0 Å². The van der Waals surface area contributed by atoms with Crippen LogP contribution >= 0.6 is 11.8 Å². The Balaban J connectivity index is 1.60. The Morgan fingerprint density at radius 3 is 2.79 bits per heavy atom. The van der Waals surface area contributed by atoms with Crippen LogP contribution in [-0.2, 0) is 14.6 Å². The van der Waals surface area contributed by atoms with Crippen LogP contribution in [0, 0.1) is 5.92 Å². The first-order chi connectivity index (χ1) is 13.4. The molecule has 2 atom stereocenters. The lowest BCUT2D eigenvalue weighted by Crippen LogP contribution is -2.37.